The van der Waals surface area contributed by atoms with Gasteiger partial charge in [0.25, 0.3) is 0 Å². The Kier molecular flexibility index (Phi) is 23.7. The second kappa shape index (κ2) is 22.7. The number of ether oxygens (including phenoxy) is 1. The van der Waals surface area contributed by atoms with Crippen molar-refractivity contribution in [2.24, 2.45) is 10.9 Å². The Hall–Kier alpha value is -3.08. The number of carbonyl (C=O) groups is 1. The largest absolute Gasteiger partial charge is 0.507 e. The molecule has 1 aromatic carbocycles. The molecule has 0 aromatic heterocycles. The lowest BCUT2D eigenvalue weighted by Gasteiger charge is -2.09. The average Bonchev–Trinajstić information content (AvgIpc) is 2.83. The zero-order valence-electron chi connectivity index (χ0n) is 23.9. The van der Waals surface area contributed by atoms with Crippen molar-refractivity contribution < 1.29 is 19.7 Å². The predicted octanol–water partition coefficient (Wildman–Crippen LogP) is 8.69. The first-order valence-corrected chi connectivity index (χ1v) is 12.4. The quantitative estimate of drug-likeness (QED) is 0.158. The SMILES string of the molecule is C=C(/C=C(C)/C(C)=C/C(O)=C(\C=NCCC)C(=O)O)c1ccccc1OC.CC.CC.CC(C)C. The van der Waals surface area contributed by atoms with Crippen LogP contribution >= 0.6 is 0 Å². The van der Waals surface area contributed by atoms with Gasteiger partial charge in [0.15, 0.2) is 0 Å². The van der Waals surface area contributed by atoms with Gasteiger partial charge in [0, 0.05) is 18.3 Å². The maximum atomic E-state index is 11.3. The van der Waals surface area contributed by atoms with Crippen LogP contribution in [0, 0.1) is 5.92 Å². The number of carboxylic acids is 1. The number of benzene rings is 1. The predicted molar refractivity (Wildman–Crippen MR) is 154 cm³/mol. The number of carboxylic acid groups (broad SMARTS) is 1. The molecule has 0 amide bonds. The molecule has 0 radical (unpaired) electrons. The molecule has 0 bridgehead atoms. The van der Waals surface area contributed by atoms with Gasteiger partial charge < -0.3 is 14.9 Å². The number of para-hydroxylation sites is 1. The Bertz CT molecular complexity index is 856. The van der Waals surface area contributed by atoms with Gasteiger partial charge in [-0.2, -0.15) is 0 Å². The Morgan fingerprint density at radius 2 is 1.51 bits per heavy atom. The van der Waals surface area contributed by atoms with E-state index in [-0.39, 0.29) is 11.3 Å². The van der Waals surface area contributed by atoms with Gasteiger partial charge in [0.2, 0.25) is 0 Å². The molecule has 5 heteroatoms. The summed E-state index contributed by atoms with van der Waals surface area (Å²) in [5.41, 5.74) is 2.94. The fraction of sp³-hybridized carbons (Fsp3) is 0.467. The summed E-state index contributed by atoms with van der Waals surface area (Å²) < 4.78 is 5.35. The monoisotopic (exact) mass is 487 g/mol. The van der Waals surface area contributed by atoms with E-state index in [9.17, 15) is 15.0 Å². The minimum Gasteiger partial charge on any atom is -0.507 e. The maximum absolute atomic E-state index is 11.3. The third-order valence-electron chi connectivity index (χ3n) is 3.90. The molecule has 0 spiro atoms. The Balaban J connectivity index is -0.00000113. The summed E-state index contributed by atoms with van der Waals surface area (Å²) in [6.45, 7) is 24.7. The van der Waals surface area contributed by atoms with Crippen molar-refractivity contribution in [3.63, 3.8) is 0 Å². The third-order valence-corrected chi connectivity index (χ3v) is 3.90. The molecule has 0 unspecified atom stereocenters. The van der Waals surface area contributed by atoms with Crippen molar-refractivity contribution in [2.45, 2.75) is 75.7 Å². The molecule has 2 N–H and O–H groups in total. The Morgan fingerprint density at radius 1 is 1.03 bits per heavy atom. The fourth-order valence-electron chi connectivity index (χ4n) is 2.28. The highest BCUT2D eigenvalue weighted by molar-refractivity contribution is 6.09. The van der Waals surface area contributed by atoms with E-state index in [1.807, 2.05) is 71.9 Å². The van der Waals surface area contributed by atoms with Gasteiger partial charge in [-0.05, 0) is 55.0 Å². The molecule has 0 fully saturated rings. The molecule has 0 saturated heterocycles. The maximum Gasteiger partial charge on any atom is 0.341 e. The molecular weight excluding hydrogens is 438 g/mol. The van der Waals surface area contributed by atoms with Crippen LogP contribution in [0.2, 0.25) is 0 Å². The van der Waals surface area contributed by atoms with Crippen LogP contribution in [0.3, 0.4) is 0 Å². The van der Waals surface area contributed by atoms with Crippen molar-refractivity contribution >= 4 is 17.8 Å². The summed E-state index contributed by atoms with van der Waals surface area (Å²) >= 11 is 0. The van der Waals surface area contributed by atoms with E-state index in [0.29, 0.717) is 12.1 Å². The molecule has 0 aliphatic rings. The van der Waals surface area contributed by atoms with Crippen LogP contribution < -0.4 is 4.74 Å². The number of hydrogen-bond acceptors (Lipinski definition) is 4. The zero-order valence-corrected chi connectivity index (χ0v) is 23.9. The number of aliphatic hydroxyl groups excluding tert-OH is 1. The van der Waals surface area contributed by atoms with E-state index in [4.69, 9.17) is 4.74 Å². The van der Waals surface area contributed by atoms with Gasteiger partial charge >= 0.3 is 5.97 Å². The van der Waals surface area contributed by atoms with E-state index >= 15 is 0 Å². The van der Waals surface area contributed by atoms with Crippen molar-refractivity contribution in [1.82, 2.24) is 0 Å². The summed E-state index contributed by atoms with van der Waals surface area (Å²) in [4.78, 5) is 15.3. The molecule has 0 aliphatic heterocycles. The molecular formula is C30H49NO4. The van der Waals surface area contributed by atoms with E-state index in [1.165, 1.54) is 12.3 Å². The standard InChI is InChI=1S/C22H27NO4.C4H10.2C2H6/c1-6-11-23-14-19(22(25)26)20(24)13-16(3)15(2)12-17(4)18-9-7-8-10-21(18)27-5;1-4(2)3;2*1-2/h7-10,12-14,24H,4,6,11H2,1-3,5H3,(H,25,26);4H,1-3H3;2*1-2H3/b15-12+,16-13+,20-19-,23-14?;;;. The summed E-state index contributed by atoms with van der Waals surface area (Å²) in [6, 6.07) is 7.55. The molecule has 35 heavy (non-hydrogen) atoms. The number of hydrogen-bond donors (Lipinski definition) is 2. The van der Waals surface area contributed by atoms with E-state index in [1.54, 1.807) is 14.0 Å². The Labute approximate surface area is 214 Å². The lowest BCUT2D eigenvalue weighted by atomic mass is 10.0. The van der Waals surface area contributed by atoms with Crippen molar-refractivity contribution in [1.29, 1.82) is 0 Å². The van der Waals surface area contributed by atoms with Gasteiger partial charge in [-0.25, -0.2) is 4.79 Å². The minimum absolute atomic E-state index is 0.237. The van der Waals surface area contributed by atoms with Crippen LogP contribution in [0.15, 0.2) is 70.5 Å². The number of allylic oxidation sites excluding steroid dienone is 5. The van der Waals surface area contributed by atoms with Crippen LogP contribution in [0.1, 0.15) is 81.2 Å². The van der Waals surface area contributed by atoms with E-state index in [0.717, 1.165) is 34.8 Å². The highest BCUT2D eigenvalue weighted by atomic mass is 16.5. The lowest BCUT2D eigenvalue weighted by molar-refractivity contribution is -0.132. The van der Waals surface area contributed by atoms with Crippen molar-refractivity contribution in [3.8, 4) is 5.75 Å². The third kappa shape index (κ3) is 17.1. The molecule has 0 atom stereocenters. The van der Waals surface area contributed by atoms with Crippen molar-refractivity contribution in [2.75, 3.05) is 13.7 Å². The molecule has 198 valence electrons. The minimum atomic E-state index is -1.23. The van der Waals surface area contributed by atoms with Crippen LogP contribution in [-0.2, 0) is 4.79 Å². The summed E-state index contributed by atoms with van der Waals surface area (Å²) in [7, 11) is 1.60. The highest BCUT2D eigenvalue weighted by Gasteiger charge is 2.11. The second-order valence-electron chi connectivity index (χ2n) is 7.75. The van der Waals surface area contributed by atoms with E-state index < -0.39 is 5.97 Å². The van der Waals surface area contributed by atoms with Gasteiger partial charge in [0.05, 0.1) is 7.11 Å². The molecule has 0 heterocycles. The first kappa shape index (κ1) is 36.5. The Morgan fingerprint density at radius 3 is 1.97 bits per heavy atom. The summed E-state index contributed by atoms with van der Waals surface area (Å²) in [6.07, 6.45) is 5.27. The highest BCUT2D eigenvalue weighted by Crippen LogP contribution is 2.27. The number of methoxy groups -OCH3 is 1. The van der Waals surface area contributed by atoms with Crippen LogP contribution in [-0.4, -0.2) is 36.1 Å². The van der Waals surface area contributed by atoms with Crippen LogP contribution in [0.4, 0.5) is 0 Å². The van der Waals surface area contributed by atoms with Gasteiger partial charge in [-0.3, -0.25) is 4.99 Å². The van der Waals surface area contributed by atoms with Crippen molar-refractivity contribution in [3.05, 3.63) is 71.0 Å². The lowest BCUT2D eigenvalue weighted by Crippen LogP contribution is -2.06. The van der Waals surface area contributed by atoms with E-state index in [2.05, 4.69) is 32.3 Å². The number of aliphatic hydroxyl groups is 1. The number of aliphatic carboxylic acids is 1. The topological polar surface area (TPSA) is 79.1 Å². The second-order valence-corrected chi connectivity index (χ2v) is 7.75. The first-order chi connectivity index (χ1) is 16.5. The molecule has 0 aliphatic carbocycles. The first-order valence-electron chi connectivity index (χ1n) is 12.4. The summed E-state index contributed by atoms with van der Waals surface area (Å²) in [5.74, 6) is -0.0109. The number of aliphatic imine (C=N–C) groups is 1. The van der Waals surface area contributed by atoms with Gasteiger partial charge in [0.1, 0.15) is 17.1 Å². The summed E-state index contributed by atoms with van der Waals surface area (Å²) in [5, 5.41) is 19.5. The van der Waals surface area contributed by atoms with Gasteiger partial charge in [-0.15, -0.1) is 0 Å². The van der Waals surface area contributed by atoms with Gasteiger partial charge in [-0.1, -0.05) is 86.2 Å². The molecule has 0 saturated carbocycles. The fourth-order valence-corrected chi connectivity index (χ4v) is 2.28. The molecule has 1 rings (SSSR count). The molecule has 5 nitrogen and oxygen atoms in total. The average molecular weight is 488 g/mol. The van der Waals surface area contributed by atoms with Crippen LogP contribution in [0.25, 0.3) is 5.57 Å². The number of nitrogens with zero attached hydrogens (tertiary/aromatic N) is 1. The molecule has 1 aromatic rings. The zero-order chi connectivity index (χ0) is 28.0. The normalized spacial score (nSPS) is 11.8. The van der Waals surface area contributed by atoms with Crippen LogP contribution in [0.5, 0.6) is 5.75 Å². The smallest absolute Gasteiger partial charge is 0.341 e. The number of rotatable bonds is 9.